The number of rotatable bonds is 9. The number of unbranched alkanes of at least 4 members (excludes halogenated alkanes) is 2. The second-order valence-corrected chi connectivity index (χ2v) is 6.04. The minimum Gasteiger partial charge on any atom is -0.372 e. The molecule has 0 bridgehead atoms. The van der Waals surface area contributed by atoms with Crippen LogP contribution in [0.5, 0.6) is 0 Å². The average molecular weight is 334 g/mol. The first-order chi connectivity index (χ1) is 12.3. The topological polar surface area (TPSA) is 32.3 Å². The highest BCUT2D eigenvalue weighted by molar-refractivity contribution is 5.54. The normalized spacial score (nSPS) is 10.8. The van der Waals surface area contributed by atoms with Gasteiger partial charge in [-0.2, -0.15) is 10.2 Å². The van der Waals surface area contributed by atoms with Crippen molar-refractivity contribution in [2.45, 2.75) is 39.5 Å². The molecule has 130 valence electrons. The van der Waals surface area contributed by atoms with Crippen LogP contribution in [-0.4, -0.2) is 13.1 Å². The number of anilines is 1. The average Bonchev–Trinajstić information content (AvgIpc) is 2.67. The third-order valence-electron chi connectivity index (χ3n) is 4.04. The molecule has 0 aliphatic rings. The smallest absolute Gasteiger partial charge is 0.187 e. The van der Waals surface area contributed by atoms with Crippen molar-refractivity contribution < 1.29 is 0 Å². The fourth-order valence-electron chi connectivity index (χ4n) is 2.51. The van der Waals surface area contributed by atoms with Gasteiger partial charge in [0.1, 0.15) is 0 Å². The lowest BCUT2D eigenvalue weighted by atomic mass is 10.2. The number of hydrogen-bond acceptors (Lipinski definition) is 3. The highest BCUT2D eigenvalue weighted by atomic mass is 15.1. The van der Waals surface area contributed by atoms with E-state index in [-0.39, 0.29) is 0 Å². The summed E-state index contributed by atoms with van der Waals surface area (Å²) in [5.74, 6) is 0. The Balaban J connectivity index is 2.03. The van der Waals surface area contributed by atoms with Crippen LogP contribution in [0.2, 0.25) is 0 Å². The Bertz CT molecular complexity index is 688. The zero-order valence-corrected chi connectivity index (χ0v) is 15.2. The Hall–Kier alpha value is -2.67. The van der Waals surface area contributed by atoms with Crippen LogP contribution in [0.3, 0.4) is 0 Å². The first kappa shape index (κ1) is 18.7. The minimum absolute atomic E-state index is 0.613. The summed E-state index contributed by atoms with van der Waals surface area (Å²) in [5, 5.41) is 8.52. The molecule has 0 saturated heterocycles. The molecule has 0 aliphatic heterocycles. The van der Waals surface area contributed by atoms with Crippen molar-refractivity contribution in [2.24, 2.45) is 10.2 Å². The van der Waals surface area contributed by atoms with Gasteiger partial charge >= 0.3 is 0 Å². The summed E-state index contributed by atoms with van der Waals surface area (Å²) >= 11 is 0. The molecule has 4 nitrogen and oxygen atoms in total. The first-order valence-corrected chi connectivity index (χ1v) is 9.01. The molecule has 0 spiro atoms. The van der Waals surface area contributed by atoms with Crippen LogP contribution in [0.15, 0.2) is 58.8 Å². The van der Waals surface area contributed by atoms with Crippen molar-refractivity contribution in [1.29, 1.82) is 0 Å². The van der Waals surface area contributed by atoms with E-state index >= 15 is 0 Å². The van der Waals surface area contributed by atoms with Crippen molar-refractivity contribution in [3.05, 3.63) is 59.9 Å². The van der Waals surface area contributed by atoms with Crippen LogP contribution in [0.1, 0.15) is 39.5 Å². The second-order valence-electron chi connectivity index (χ2n) is 6.04. The third kappa shape index (κ3) is 6.04. The summed E-state index contributed by atoms with van der Waals surface area (Å²) in [7, 11) is 0. The Labute approximate surface area is 151 Å². The van der Waals surface area contributed by atoms with E-state index in [2.05, 4.69) is 46.0 Å². The van der Waals surface area contributed by atoms with Crippen molar-refractivity contribution in [1.82, 2.24) is 0 Å². The summed E-state index contributed by atoms with van der Waals surface area (Å²) in [6, 6.07) is 15.4. The Kier molecular flexibility index (Phi) is 7.65. The van der Waals surface area contributed by atoms with Gasteiger partial charge in [-0.25, -0.2) is 4.85 Å². The maximum absolute atomic E-state index is 6.96. The number of benzene rings is 2. The van der Waals surface area contributed by atoms with Crippen LogP contribution >= 0.6 is 0 Å². The SMILES string of the molecule is [C-]#[N+]c1ccc(N=Nc2ccc(N(CCCC)CCCC)cc2)cc1. The van der Waals surface area contributed by atoms with E-state index in [1.54, 1.807) is 12.1 Å². The summed E-state index contributed by atoms with van der Waals surface area (Å²) in [6.45, 7) is 13.6. The molecule has 4 heteroatoms. The lowest BCUT2D eigenvalue weighted by molar-refractivity contribution is 0.678. The molecule has 0 radical (unpaired) electrons. The lowest BCUT2D eigenvalue weighted by Crippen LogP contribution is -2.25. The van der Waals surface area contributed by atoms with Gasteiger partial charge in [0.2, 0.25) is 0 Å². The maximum Gasteiger partial charge on any atom is 0.187 e. The first-order valence-electron chi connectivity index (χ1n) is 9.01. The monoisotopic (exact) mass is 334 g/mol. The van der Waals surface area contributed by atoms with Gasteiger partial charge in [0.25, 0.3) is 0 Å². The van der Waals surface area contributed by atoms with Gasteiger partial charge in [-0.3, -0.25) is 0 Å². The molecule has 2 aromatic rings. The van der Waals surface area contributed by atoms with Gasteiger partial charge in [-0.15, -0.1) is 0 Å². The summed E-state index contributed by atoms with van der Waals surface area (Å²) in [4.78, 5) is 5.83. The molecule has 0 heterocycles. The molecule has 2 aromatic carbocycles. The number of hydrogen-bond donors (Lipinski definition) is 0. The van der Waals surface area contributed by atoms with Crippen molar-refractivity contribution in [3.8, 4) is 0 Å². The van der Waals surface area contributed by atoms with Crippen LogP contribution in [0.25, 0.3) is 4.85 Å². The predicted octanol–water partition coefficient (Wildman–Crippen LogP) is 7.06. The zero-order chi connectivity index (χ0) is 17.9. The molecule has 0 N–H and O–H groups in total. The Morgan fingerprint density at radius 1 is 0.800 bits per heavy atom. The molecule has 0 atom stereocenters. The molecule has 0 aromatic heterocycles. The van der Waals surface area contributed by atoms with Crippen LogP contribution < -0.4 is 4.90 Å². The van der Waals surface area contributed by atoms with Gasteiger partial charge in [0, 0.05) is 18.8 Å². The molecule has 25 heavy (non-hydrogen) atoms. The van der Waals surface area contributed by atoms with E-state index in [9.17, 15) is 0 Å². The van der Waals surface area contributed by atoms with Crippen LogP contribution in [0.4, 0.5) is 22.7 Å². The maximum atomic E-state index is 6.96. The van der Waals surface area contributed by atoms with Crippen LogP contribution in [0, 0.1) is 6.57 Å². The van der Waals surface area contributed by atoms with Gasteiger partial charge in [0.15, 0.2) is 5.69 Å². The van der Waals surface area contributed by atoms with Crippen molar-refractivity contribution >= 4 is 22.7 Å². The molecule has 0 saturated carbocycles. The van der Waals surface area contributed by atoms with E-state index in [0.29, 0.717) is 5.69 Å². The highest BCUT2D eigenvalue weighted by Crippen LogP contribution is 2.24. The molecule has 2 rings (SSSR count). The fourth-order valence-corrected chi connectivity index (χ4v) is 2.51. The summed E-state index contributed by atoms with van der Waals surface area (Å²) in [6.07, 6.45) is 4.85. The highest BCUT2D eigenvalue weighted by Gasteiger charge is 2.05. The van der Waals surface area contributed by atoms with E-state index < -0.39 is 0 Å². The molecule has 0 aliphatic carbocycles. The standard InChI is InChI=1S/C21H26N4/c1-4-6-16-25(17-7-5-2)21-14-12-20(13-15-21)24-23-19-10-8-18(22-3)9-11-19/h8-15H,4-7,16-17H2,1-2H3. The van der Waals surface area contributed by atoms with Crippen LogP contribution in [-0.2, 0) is 0 Å². The van der Waals surface area contributed by atoms with E-state index in [1.807, 2.05) is 24.3 Å². The number of azo groups is 1. The van der Waals surface area contributed by atoms with Gasteiger partial charge in [0.05, 0.1) is 17.9 Å². The Morgan fingerprint density at radius 3 is 1.72 bits per heavy atom. The largest absolute Gasteiger partial charge is 0.372 e. The summed E-state index contributed by atoms with van der Waals surface area (Å²) < 4.78 is 0. The zero-order valence-electron chi connectivity index (χ0n) is 15.2. The van der Waals surface area contributed by atoms with Gasteiger partial charge in [-0.05, 0) is 49.2 Å². The van der Waals surface area contributed by atoms with E-state index in [1.165, 1.54) is 31.4 Å². The third-order valence-corrected chi connectivity index (χ3v) is 4.04. The molecule has 0 fully saturated rings. The van der Waals surface area contributed by atoms with Gasteiger partial charge < -0.3 is 4.90 Å². The van der Waals surface area contributed by atoms with Gasteiger partial charge in [-0.1, -0.05) is 38.8 Å². The van der Waals surface area contributed by atoms with Crippen molar-refractivity contribution in [3.63, 3.8) is 0 Å². The Morgan fingerprint density at radius 2 is 1.28 bits per heavy atom. The summed E-state index contributed by atoms with van der Waals surface area (Å²) in [5.41, 5.74) is 3.46. The minimum atomic E-state index is 0.613. The molecule has 0 amide bonds. The quantitative estimate of drug-likeness (QED) is 0.357. The molecule has 0 unspecified atom stereocenters. The lowest BCUT2D eigenvalue weighted by Gasteiger charge is -2.24. The van der Waals surface area contributed by atoms with E-state index in [4.69, 9.17) is 6.57 Å². The predicted molar refractivity (Wildman–Crippen MR) is 105 cm³/mol. The number of nitrogens with zero attached hydrogens (tertiary/aromatic N) is 4. The molecular weight excluding hydrogens is 308 g/mol. The fraction of sp³-hybridized carbons (Fsp3) is 0.381. The second kappa shape index (κ2) is 10.2. The van der Waals surface area contributed by atoms with E-state index in [0.717, 1.165) is 24.5 Å². The van der Waals surface area contributed by atoms with Crippen molar-refractivity contribution in [2.75, 3.05) is 18.0 Å². The molecular formula is C21H26N4.